The quantitative estimate of drug-likeness (QED) is 0.841. The third-order valence-electron chi connectivity index (χ3n) is 7.32. The van der Waals surface area contributed by atoms with E-state index >= 15 is 0 Å². The summed E-state index contributed by atoms with van der Waals surface area (Å²) in [5, 5.41) is 4.51. The molecule has 1 aromatic carbocycles. The van der Waals surface area contributed by atoms with Gasteiger partial charge in [0.2, 0.25) is 5.91 Å². The Morgan fingerprint density at radius 1 is 1.23 bits per heavy atom. The molecule has 1 aliphatic heterocycles. The van der Waals surface area contributed by atoms with Gasteiger partial charge >= 0.3 is 0 Å². The van der Waals surface area contributed by atoms with E-state index in [4.69, 9.17) is 0 Å². The molecular weight excluding hydrogens is 326 g/mol. The van der Waals surface area contributed by atoms with Gasteiger partial charge in [0.1, 0.15) is 0 Å². The van der Waals surface area contributed by atoms with Crippen molar-refractivity contribution in [2.24, 2.45) is 21.8 Å². The zero-order chi connectivity index (χ0) is 18.5. The molecule has 26 heavy (non-hydrogen) atoms. The summed E-state index contributed by atoms with van der Waals surface area (Å²) >= 11 is 0. The van der Waals surface area contributed by atoms with Crippen molar-refractivity contribution < 1.29 is 9.59 Å². The predicted molar refractivity (Wildman–Crippen MR) is 102 cm³/mol. The number of nitrogens with zero attached hydrogens (tertiary/aromatic N) is 2. The lowest BCUT2D eigenvalue weighted by molar-refractivity contribution is -0.117. The Morgan fingerprint density at radius 2 is 1.96 bits per heavy atom. The van der Waals surface area contributed by atoms with Gasteiger partial charge in [-0.05, 0) is 61.3 Å². The standard InChI is InChI=1S/C21H27N3O2/c1-20(2)15-10-11-21(20,3)17(13-15)22-23-19(26)14-6-8-16(9-7-14)24-12-4-5-18(24)25/h6-9,15H,4-5,10-13H2,1-3H3,(H,23,26)/b22-17+/t15-,21+/m0/s1. The van der Waals surface area contributed by atoms with Gasteiger partial charge in [0, 0.05) is 35.3 Å². The molecule has 3 fully saturated rings. The Kier molecular flexibility index (Phi) is 3.94. The average molecular weight is 353 g/mol. The molecule has 0 aromatic heterocycles. The first-order chi connectivity index (χ1) is 12.3. The molecule has 2 aliphatic carbocycles. The van der Waals surface area contributed by atoms with Crippen LogP contribution in [0.2, 0.25) is 0 Å². The van der Waals surface area contributed by atoms with Crippen LogP contribution >= 0.6 is 0 Å². The minimum Gasteiger partial charge on any atom is -0.312 e. The second kappa shape index (κ2) is 5.93. The molecule has 1 N–H and O–H groups in total. The molecule has 0 unspecified atom stereocenters. The van der Waals surface area contributed by atoms with Crippen molar-refractivity contribution in [2.45, 2.75) is 52.9 Å². The summed E-state index contributed by atoms with van der Waals surface area (Å²) in [7, 11) is 0. The maximum absolute atomic E-state index is 12.5. The highest BCUT2D eigenvalue weighted by Crippen LogP contribution is 2.63. The number of fused-ring (bicyclic) bond motifs is 2. The fraction of sp³-hybridized carbons (Fsp3) is 0.571. The third-order valence-corrected chi connectivity index (χ3v) is 7.32. The minimum absolute atomic E-state index is 0.0882. The summed E-state index contributed by atoms with van der Waals surface area (Å²) in [6, 6.07) is 7.21. The normalized spacial score (nSPS) is 31.0. The lowest BCUT2D eigenvalue weighted by Gasteiger charge is -2.34. The van der Waals surface area contributed by atoms with Gasteiger partial charge in [-0.2, -0.15) is 5.10 Å². The fourth-order valence-corrected chi connectivity index (χ4v) is 4.99. The number of amides is 2. The summed E-state index contributed by atoms with van der Waals surface area (Å²) in [6.07, 6.45) is 4.90. The van der Waals surface area contributed by atoms with Crippen molar-refractivity contribution in [3.05, 3.63) is 29.8 Å². The monoisotopic (exact) mass is 353 g/mol. The topological polar surface area (TPSA) is 61.8 Å². The van der Waals surface area contributed by atoms with Crippen molar-refractivity contribution in [3.63, 3.8) is 0 Å². The van der Waals surface area contributed by atoms with Crippen molar-refractivity contribution in [2.75, 3.05) is 11.4 Å². The average Bonchev–Trinajstić information content (AvgIpc) is 3.20. The summed E-state index contributed by atoms with van der Waals surface area (Å²) in [5.74, 6) is 0.627. The molecule has 0 radical (unpaired) electrons. The molecule has 3 aliphatic rings. The molecule has 2 atom stereocenters. The van der Waals surface area contributed by atoms with Crippen LogP contribution in [-0.2, 0) is 4.79 Å². The number of carbonyl (C=O) groups excluding carboxylic acids is 2. The molecule has 1 saturated heterocycles. The van der Waals surface area contributed by atoms with Crippen LogP contribution in [0.1, 0.15) is 63.2 Å². The van der Waals surface area contributed by atoms with Crippen molar-refractivity contribution in [3.8, 4) is 0 Å². The Balaban J connectivity index is 1.45. The Bertz CT molecular complexity index is 781. The summed E-state index contributed by atoms with van der Waals surface area (Å²) < 4.78 is 0. The van der Waals surface area contributed by atoms with Gasteiger partial charge < -0.3 is 4.90 Å². The van der Waals surface area contributed by atoms with Gasteiger partial charge in [-0.1, -0.05) is 20.8 Å². The molecule has 2 amide bonds. The van der Waals surface area contributed by atoms with Gasteiger partial charge in [-0.25, -0.2) is 5.43 Å². The molecule has 138 valence electrons. The molecule has 5 nitrogen and oxygen atoms in total. The van der Waals surface area contributed by atoms with Crippen LogP contribution in [0, 0.1) is 16.7 Å². The zero-order valence-electron chi connectivity index (χ0n) is 15.8. The van der Waals surface area contributed by atoms with Gasteiger partial charge in [0.25, 0.3) is 5.91 Å². The van der Waals surface area contributed by atoms with Crippen LogP contribution < -0.4 is 10.3 Å². The van der Waals surface area contributed by atoms with Gasteiger partial charge in [-0.15, -0.1) is 0 Å². The van der Waals surface area contributed by atoms with Crippen LogP contribution in [0.15, 0.2) is 29.4 Å². The van der Waals surface area contributed by atoms with E-state index in [1.807, 2.05) is 12.1 Å². The lowest BCUT2D eigenvalue weighted by Crippen LogP contribution is -2.34. The maximum Gasteiger partial charge on any atom is 0.271 e. The number of anilines is 1. The molecule has 1 aromatic rings. The second-order valence-corrected chi connectivity index (χ2v) is 8.69. The van der Waals surface area contributed by atoms with E-state index < -0.39 is 0 Å². The molecule has 0 spiro atoms. The van der Waals surface area contributed by atoms with Crippen molar-refractivity contribution in [1.29, 1.82) is 0 Å². The summed E-state index contributed by atoms with van der Waals surface area (Å²) in [5.41, 5.74) is 5.65. The SMILES string of the molecule is CC1(C)[C@H]2CC[C@]1(C)/C(=N/NC(=O)c1ccc(N3CCCC3=O)cc1)C2. The number of hydrogen-bond acceptors (Lipinski definition) is 3. The van der Waals surface area contributed by atoms with Crippen molar-refractivity contribution >= 4 is 23.2 Å². The predicted octanol–water partition coefficient (Wildman–Crippen LogP) is 3.75. The van der Waals surface area contributed by atoms with E-state index in [9.17, 15) is 9.59 Å². The van der Waals surface area contributed by atoms with E-state index in [0.717, 1.165) is 37.2 Å². The number of rotatable bonds is 3. The highest BCUT2D eigenvalue weighted by molar-refractivity contribution is 5.99. The first-order valence-corrected chi connectivity index (χ1v) is 9.61. The van der Waals surface area contributed by atoms with Gasteiger partial charge in [0.05, 0.1) is 0 Å². The molecule has 4 rings (SSSR count). The smallest absolute Gasteiger partial charge is 0.271 e. The van der Waals surface area contributed by atoms with Crippen LogP contribution in [0.5, 0.6) is 0 Å². The van der Waals surface area contributed by atoms with E-state index in [1.165, 1.54) is 6.42 Å². The van der Waals surface area contributed by atoms with Crippen LogP contribution in [0.4, 0.5) is 5.69 Å². The van der Waals surface area contributed by atoms with E-state index in [-0.39, 0.29) is 22.6 Å². The van der Waals surface area contributed by atoms with E-state index in [2.05, 4.69) is 31.3 Å². The zero-order valence-corrected chi connectivity index (χ0v) is 15.8. The highest BCUT2D eigenvalue weighted by Gasteiger charge is 2.60. The molecule has 2 saturated carbocycles. The van der Waals surface area contributed by atoms with Crippen LogP contribution in [-0.4, -0.2) is 24.1 Å². The fourth-order valence-electron chi connectivity index (χ4n) is 4.99. The number of benzene rings is 1. The first-order valence-electron chi connectivity index (χ1n) is 9.61. The Hall–Kier alpha value is -2.17. The first kappa shape index (κ1) is 17.3. The number of hydrogen-bond donors (Lipinski definition) is 1. The van der Waals surface area contributed by atoms with Crippen LogP contribution in [0.3, 0.4) is 0 Å². The number of hydrazone groups is 1. The highest BCUT2D eigenvalue weighted by atomic mass is 16.2. The van der Waals surface area contributed by atoms with E-state index in [0.29, 0.717) is 17.9 Å². The lowest BCUT2D eigenvalue weighted by atomic mass is 9.70. The minimum atomic E-state index is -0.194. The van der Waals surface area contributed by atoms with Gasteiger partial charge in [-0.3, -0.25) is 9.59 Å². The molecule has 5 heteroatoms. The number of carbonyl (C=O) groups is 2. The maximum atomic E-state index is 12.5. The third kappa shape index (κ3) is 2.48. The Morgan fingerprint density at radius 3 is 2.50 bits per heavy atom. The largest absolute Gasteiger partial charge is 0.312 e. The van der Waals surface area contributed by atoms with E-state index in [1.54, 1.807) is 17.0 Å². The molecular formula is C21H27N3O2. The Labute approximate surface area is 154 Å². The van der Waals surface area contributed by atoms with Crippen molar-refractivity contribution in [1.82, 2.24) is 5.43 Å². The van der Waals surface area contributed by atoms with Crippen LogP contribution in [0.25, 0.3) is 0 Å². The summed E-state index contributed by atoms with van der Waals surface area (Å²) in [6.45, 7) is 7.70. The molecule has 1 heterocycles. The number of nitrogens with one attached hydrogen (secondary N) is 1. The second-order valence-electron chi connectivity index (χ2n) is 8.69. The van der Waals surface area contributed by atoms with Gasteiger partial charge in [0.15, 0.2) is 0 Å². The molecule has 2 bridgehead atoms. The summed E-state index contributed by atoms with van der Waals surface area (Å²) in [4.78, 5) is 26.1.